The molecule has 1 aromatic rings. The molecule has 1 fully saturated rings. The minimum absolute atomic E-state index is 0.145. The number of rotatable bonds is 4. The molecule has 0 aromatic carbocycles. The number of thioether (sulfide) groups is 1. The Morgan fingerprint density at radius 2 is 2.14 bits per heavy atom. The van der Waals surface area contributed by atoms with E-state index in [2.05, 4.69) is 5.16 Å². The largest absolute Gasteiger partial charge is 0.409 e. The fraction of sp³-hybridized carbons (Fsp3) is 0.545. The highest BCUT2D eigenvalue weighted by Crippen LogP contribution is 2.37. The first kappa shape index (κ1) is 16.9. The molecule has 10 heteroatoms. The lowest BCUT2D eigenvalue weighted by atomic mass is 9.96. The number of nitrogens with zero attached hydrogens (tertiary/aromatic N) is 2. The second-order valence-electron chi connectivity index (χ2n) is 4.65. The Labute approximate surface area is 137 Å². The van der Waals surface area contributed by atoms with Crippen LogP contribution in [0.5, 0.6) is 0 Å². The predicted octanol–water partition coefficient (Wildman–Crippen LogP) is 2.03. The molecule has 0 atom stereocenters. The fourth-order valence-corrected chi connectivity index (χ4v) is 6.23. The smallest absolute Gasteiger partial charge is 0.252 e. The monoisotopic (exact) mass is 369 g/mol. The van der Waals surface area contributed by atoms with Crippen LogP contribution >= 0.6 is 34.7 Å². The molecule has 0 unspecified atom stereocenters. The second-order valence-corrected chi connectivity index (χ2v) is 9.72. The molecule has 0 radical (unpaired) electrons. The van der Waals surface area contributed by atoms with E-state index in [0.29, 0.717) is 30.3 Å². The number of halogens is 1. The van der Waals surface area contributed by atoms with Gasteiger partial charge < -0.3 is 10.9 Å². The molecular formula is C11H16ClN3O3S3. The molecule has 2 heterocycles. The first-order chi connectivity index (χ1) is 9.85. The van der Waals surface area contributed by atoms with Gasteiger partial charge in [-0.15, -0.1) is 11.3 Å². The molecule has 3 N–H and O–H groups in total. The molecule has 118 valence electrons. The first-order valence-corrected chi connectivity index (χ1v) is 10.0. The summed E-state index contributed by atoms with van der Waals surface area (Å²) in [5, 5.41) is 12.0. The van der Waals surface area contributed by atoms with Crippen LogP contribution in [0.3, 0.4) is 0 Å². The molecule has 0 spiro atoms. The maximum Gasteiger partial charge on any atom is 0.252 e. The highest BCUT2D eigenvalue weighted by atomic mass is 35.5. The summed E-state index contributed by atoms with van der Waals surface area (Å²) in [6.07, 6.45) is 2.88. The van der Waals surface area contributed by atoms with Gasteiger partial charge in [0, 0.05) is 13.1 Å². The van der Waals surface area contributed by atoms with Crippen LogP contribution in [0.4, 0.5) is 0 Å². The molecule has 0 bridgehead atoms. The van der Waals surface area contributed by atoms with Gasteiger partial charge in [0.15, 0.2) is 5.84 Å². The summed E-state index contributed by atoms with van der Waals surface area (Å²) in [5.74, 6) is 0.145. The van der Waals surface area contributed by atoms with Crippen LogP contribution in [0.1, 0.15) is 12.8 Å². The van der Waals surface area contributed by atoms with Crippen molar-refractivity contribution in [1.82, 2.24) is 4.31 Å². The number of oxime groups is 1. The average molecular weight is 370 g/mol. The standard InChI is InChI=1S/C11H16ClN3O3S3/c1-19-11(10(13)14-16)4-6-15(7-5-11)21(17,18)9-3-2-8(12)20-9/h2-3,16H,4-7H2,1H3,(H2,13,14). The number of amidine groups is 1. The fourth-order valence-electron chi connectivity index (χ4n) is 2.31. The zero-order valence-corrected chi connectivity index (χ0v) is 14.5. The summed E-state index contributed by atoms with van der Waals surface area (Å²) < 4.78 is 26.6. The van der Waals surface area contributed by atoms with Crippen LogP contribution in [-0.2, 0) is 10.0 Å². The normalized spacial score (nSPS) is 20.6. The average Bonchev–Trinajstić information content (AvgIpc) is 2.93. The molecule has 1 aromatic heterocycles. The number of piperidine rings is 1. The van der Waals surface area contributed by atoms with Crippen LogP contribution in [0, 0.1) is 0 Å². The van der Waals surface area contributed by atoms with E-state index in [4.69, 9.17) is 22.5 Å². The number of thiophene rings is 1. The summed E-state index contributed by atoms with van der Waals surface area (Å²) in [5.41, 5.74) is 5.76. The van der Waals surface area contributed by atoms with Gasteiger partial charge >= 0.3 is 0 Å². The predicted molar refractivity (Wildman–Crippen MR) is 87.0 cm³/mol. The maximum absolute atomic E-state index is 12.5. The van der Waals surface area contributed by atoms with Crippen molar-refractivity contribution in [2.75, 3.05) is 19.3 Å². The van der Waals surface area contributed by atoms with Crippen LogP contribution in [-0.4, -0.2) is 47.9 Å². The molecule has 2 rings (SSSR count). The highest BCUT2D eigenvalue weighted by molar-refractivity contribution is 8.00. The van der Waals surface area contributed by atoms with Crippen molar-refractivity contribution in [3.05, 3.63) is 16.5 Å². The van der Waals surface area contributed by atoms with Gasteiger partial charge in [-0.3, -0.25) is 0 Å². The van der Waals surface area contributed by atoms with E-state index in [9.17, 15) is 8.42 Å². The van der Waals surface area contributed by atoms with Gasteiger partial charge in [0.25, 0.3) is 10.0 Å². The van der Waals surface area contributed by atoms with E-state index < -0.39 is 14.8 Å². The van der Waals surface area contributed by atoms with Crippen molar-refractivity contribution in [1.29, 1.82) is 0 Å². The lowest BCUT2D eigenvalue weighted by Gasteiger charge is -2.38. The Hall–Kier alpha value is -0.480. The van der Waals surface area contributed by atoms with Crippen LogP contribution in [0.15, 0.2) is 21.5 Å². The van der Waals surface area contributed by atoms with E-state index in [1.807, 2.05) is 6.26 Å². The molecule has 1 saturated heterocycles. The van der Waals surface area contributed by atoms with Crippen LogP contribution < -0.4 is 5.73 Å². The van der Waals surface area contributed by atoms with Gasteiger partial charge in [0.2, 0.25) is 0 Å². The molecule has 0 saturated carbocycles. The SMILES string of the molecule is CSC1(C(N)=NO)CCN(S(=O)(=O)c2ccc(Cl)s2)CC1. The second kappa shape index (κ2) is 6.33. The number of hydrogen-bond donors (Lipinski definition) is 2. The van der Waals surface area contributed by atoms with Gasteiger partial charge in [-0.1, -0.05) is 16.8 Å². The molecule has 1 aliphatic heterocycles. The number of sulfonamides is 1. The summed E-state index contributed by atoms with van der Waals surface area (Å²) in [7, 11) is -3.52. The zero-order valence-electron chi connectivity index (χ0n) is 11.3. The van der Waals surface area contributed by atoms with Crippen LogP contribution in [0.2, 0.25) is 4.34 Å². The zero-order chi connectivity index (χ0) is 15.7. The number of hydrogen-bond acceptors (Lipinski definition) is 6. The van der Waals surface area contributed by atoms with E-state index in [-0.39, 0.29) is 10.0 Å². The molecule has 1 aliphatic rings. The van der Waals surface area contributed by atoms with Crippen molar-refractivity contribution >= 4 is 50.6 Å². The van der Waals surface area contributed by atoms with Crippen molar-refractivity contribution < 1.29 is 13.6 Å². The van der Waals surface area contributed by atoms with E-state index in [1.165, 1.54) is 22.1 Å². The van der Waals surface area contributed by atoms with E-state index in [0.717, 1.165) is 11.3 Å². The molecule has 6 nitrogen and oxygen atoms in total. The minimum atomic E-state index is -3.52. The van der Waals surface area contributed by atoms with E-state index >= 15 is 0 Å². The minimum Gasteiger partial charge on any atom is -0.409 e. The molecular weight excluding hydrogens is 354 g/mol. The van der Waals surface area contributed by atoms with Crippen molar-refractivity contribution in [2.45, 2.75) is 21.8 Å². The van der Waals surface area contributed by atoms with Gasteiger partial charge in [0.05, 0.1) is 9.08 Å². The van der Waals surface area contributed by atoms with E-state index in [1.54, 1.807) is 6.07 Å². The Kier molecular flexibility index (Phi) is 5.09. The third-order valence-corrected chi connectivity index (χ3v) is 8.63. The summed E-state index contributed by atoms with van der Waals surface area (Å²) >= 11 is 8.34. The lowest BCUT2D eigenvalue weighted by molar-refractivity contribution is 0.301. The van der Waals surface area contributed by atoms with Gasteiger partial charge in [-0.2, -0.15) is 16.1 Å². The van der Waals surface area contributed by atoms with Crippen LogP contribution in [0.25, 0.3) is 0 Å². The quantitative estimate of drug-likeness (QED) is 0.366. The Balaban J connectivity index is 2.17. The van der Waals surface area contributed by atoms with Crippen molar-refractivity contribution in [3.8, 4) is 0 Å². The third kappa shape index (κ3) is 3.16. The van der Waals surface area contributed by atoms with Crippen molar-refractivity contribution in [2.24, 2.45) is 10.9 Å². The highest BCUT2D eigenvalue weighted by Gasteiger charge is 2.41. The molecule has 0 amide bonds. The van der Waals surface area contributed by atoms with Gasteiger partial charge in [-0.05, 0) is 31.2 Å². The Morgan fingerprint density at radius 3 is 2.57 bits per heavy atom. The Bertz CT molecular complexity index is 636. The number of nitrogens with two attached hydrogens (primary N) is 1. The van der Waals surface area contributed by atoms with Gasteiger partial charge in [0.1, 0.15) is 4.21 Å². The summed E-state index contributed by atoms with van der Waals surface area (Å²) in [6.45, 7) is 0.657. The summed E-state index contributed by atoms with van der Waals surface area (Å²) in [6, 6.07) is 3.09. The molecule has 0 aliphatic carbocycles. The Morgan fingerprint density at radius 1 is 1.52 bits per heavy atom. The van der Waals surface area contributed by atoms with Gasteiger partial charge in [-0.25, -0.2) is 8.42 Å². The molecule has 21 heavy (non-hydrogen) atoms. The third-order valence-electron chi connectivity index (χ3n) is 3.64. The lowest BCUT2D eigenvalue weighted by Crippen LogP contribution is -2.51. The first-order valence-electron chi connectivity index (χ1n) is 6.14. The maximum atomic E-state index is 12.5. The topological polar surface area (TPSA) is 96.0 Å². The summed E-state index contributed by atoms with van der Waals surface area (Å²) in [4.78, 5) is 0. The van der Waals surface area contributed by atoms with Crippen molar-refractivity contribution in [3.63, 3.8) is 0 Å².